The summed E-state index contributed by atoms with van der Waals surface area (Å²) in [6.07, 6.45) is 4.70. The Bertz CT molecular complexity index is 966. The van der Waals surface area contributed by atoms with Gasteiger partial charge in [0.1, 0.15) is 11.5 Å². The molecular formula is C18H19N5O3. The Morgan fingerprint density at radius 3 is 2.92 bits per heavy atom. The van der Waals surface area contributed by atoms with Crippen LogP contribution in [0, 0.1) is 0 Å². The molecule has 1 aliphatic rings. The molecule has 0 fully saturated rings. The van der Waals surface area contributed by atoms with E-state index in [1.54, 1.807) is 17.2 Å². The lowest BCUT2D eigenvalue weighted by atomic mass is 10.2. The van der Waals surface area contributed by atoms with Crippen LogP contribution in [0.15, 0.2) is 39.7 Å². The van der Waals surface area contributed by atoms with Crippen molar-refractivity contribution in [1.82, 2.24) is 24.9 Å². The molecule has 3 heterocycles. The largest absolute Gasteiger partial charge is 0.467 e. The van der Waals surface area contributed by atoms with Crippen molar-refractivity contribution in [3.63, 3.8) is 0 Å². The standard InChI is InChI=1S/C18H19N5O3/c1-22-16-6-2-5-13(16)15(21-22)11-23(10-12-4-3-9-26-12)18(25)14-7-8-17(24)20-19-14/h3-4,7-9H,2,5-6,10-11H2,1H3,(H,20,24). The SMILES string of the molecule is Cn1nc(CN(Cc2ccco2)C(=O)c2ccc(=O)[nH]n2)c2c1CCC2. The average Bonchev–Trinajstić information content (AvgIpc) is 3.36. The summed E-state index contributed by atoms with van der Waals surface area (Å²) in [6, 6.07) is 6.33. The lowest BCUT2D eigenvalue weighted by Gasteiger charge is -2.20. The zero-order valence-corrected chi connectivity index (χ0v) is 14.4. The fourth-order valence-corrected chi connectivity index (χ4v) is 3.42. The summed E-state index contributed by atoms with van der Waals surface area (Å²) in [4.78, 5) is 25.8. The van der Waals surface area contributed by atoms with Gasteiger partial charge in [0.15, 0.2) is 0 Å². The highest BCUT2D eigenvalue weighted by Gasteiger charge is 2.25. The van der Waals surface area contributed by atoms with Crippen LogP contribution in [0.25, 0.3) is 0 Å². The summed E-state index contributed by atoms with van der Waals surface area (Å²) in [5.41, 5.74) is 3.22. The van der Waals surface area contributed by atoms with E-state index in [1.807, 2.05) is 17.8 Å². The minimum absolute atomic E-state index is 0.184. The highest BCUT2D eigenvalue weighted by molar-refractivity contribution is 5.92. The van der Waals surface area contributed by atoms with Gasteiger partial charge in [0, 0.05) is 18.8 Å². The van der Waals surface area contributed by atoms with Crippen molar-refractivity contribution in [2.75, 3.05) is 0 Å². The van der Waals surface area contributed by atoms with Crippen LogP contribution < -0.4 is 5.56 Å². The van der Waals surface area contributed by atoms with Crippen LogP contribution in [0.4, 0.5) is 0 Å². The van der Waals surface area contributed by atoms with E-state index in [0.717, 1.165) is 25.0 Å². The number of carbonyl (C=O) groups excluding carboxylic acids is 1. The molecule has 0 aromatic carbocycles. The zero-order valence-electron chi connectivity index (χ0n) is 14.4. The third-order valence-electron chi connectivity index (χ3n) is 4.65. The minimum Gasteiger partial charge on any atom is -0.467 e. The first kappa shape index (κ1) is 16.3. The molecule has 26 heavy (non-hydrogen) atoms. The molecule has 0 unspecified atom stereocenters. The number of amides is 1. The maximum absolute atomic E-state index is 13.0. The average molecular weight is 353 g/mol. The number of furan rings is 1. The number of hydrogen-bond acceptors (Lipinski definition) is 5. The molecule has 8 nitrogen and oxygen atoms in total. The predicted molar refractivity (Wildman–Crippen MR) is 92.4 cm³/mol. The number of rotatable bonds is 5. The molecule has 0 saturated carbocycles. The summed E-state index contributed by atoms with van der Waals surface area (Å²) >= 11 is 0. The van der Waals surface area contributed by atoms with Gasteiger partial charge in [-0.15, -0.1) is 0 Å². The molecule has 8 heteroatoms. The quantitative estimate of drug-likeness (QED) is 0.748. The van der Waals surface area contributed by atoms with E-state index in [-0.39, 0.29) is 17.2 Å². The van der Waals surface area contributed by atoms with Crippen LogP contribution in [0.1, 0.15) is 39.6 Å². The maximum Gasteiger partial charge on any atom is 0.275 e. The van der Waals surface area contributed by atoms with Gasteiger partial charge in [-0.1, -0.05) is 0 Å². The highest BCUT2D eigenvalue weighted by Crippen LogP contribution is 2.26. The van der Waals surface area contributed by atoms with Gasteiger partial charge < -0.3 is 9.32 Å². The van der Waals surface area contributed by atoms with Crippen LogP contribution in [-0.4, -0.2) is 30.8 Å². The first-order valence-electron chi connectivity index (χ1n) is 8.53. The van der Waals surface area contributed by atoms with Crippen molar-refractivity contribution in [1.29, 1.82) is 0 Å². The van der Waals surface area contributed by atoms with Gasteiger partial charge >= 0.3 is 0 Å². The first-order chi connectivity index (χ1) is 12.6. The molecule has 1 aliphatic carbocycles. The van der Waals surface area contributed by atoms with E-state index >= 15 is 0 Å². The first-order valence-corrected chi connectivity index (χ1v) is 8.53. The van der Waals surface area contributed by atoms with E-state index in [4.69, 9.17) is 4.42 Å². The molecule has 0 radical (unpaired) electrons. The second kappa shape index (κ2) is 6.62. The number of H-pyrrole nitrogens is 1. The van der Waals surface area contributed by atoms with Crippen LogP contribution in [0.2, 0.25) is 0 Å². The van der Waals surface area contributed by atoms with Crippen molar-refractivity contribution < 1.29 is 9.21 Å². The number of carbonyl (C=O) groups is 1. The second-order valence-electron chi connectivity index (χ2n) is 6.40. The number of aromatic amines is 1. The fraction of sp³-hybridized carbons (Fsp3) is 0.333. The Labute approximate surface area is 149 Å². The van der Waals surface area contributed by atoms with Gasteiger partial charge in [0.25, 0.3) is 11.5 Å². The van der Waals surface area contributed by atoms with Gasteiger partial charge in [0.2, 0.25) is 0 Å². The molecule has 3 aromatic heterocycles. The Morgan fingerprint density at radius 1 is 1.31 bits per heavy atom. The summed E-state index contributed by atoms with van der Waals surface area (Å²) in [7, 11) is 1.94. The summed E-state index contributed by atoms with van der Waals surface area (Å²) < 4.78 is 7.32. The van der Waals surface area contributed by atoms with Crippen LogP contribution in [0.3, 0.4) is 0 Å². The van der Waals surface area contributed by atoms with Crippen LogP contribution >= 0.6 is 0 Å². The molecule has 0 bridgehead atoms. The van der Waals surface area contributed by atoms with E-state index in [1.165, 1.54) is 23.4 Å². The van der Waals surface area contributed by atoms with E-state index < -0.39 is 0 Å². The van der Waals surface area contributed by atoms with E-state index in [2.05, 4.69) is 15.3 Å². The van der Waals surface area contributed by atoms with Crippen LogP contribution in [0.5, 0.6) is 0 Å². The zero-order chi connectivity index (χ0) is 18.1. The van der Waals surface area contributed by atoms with Crippen molar-refractivity contribution >= 4 is 5.91 Å². The Hall–Kier alpha value is -3.16. The van der Waals surface area contributed by atoms with E-state index in [9.17, 15) is 9.59 Å². The van der Waals surface area contributed by atoms with Gasteiger partial charge in [-0.25, -0.2) is 5.10 Å². The molecule has 0 atom stereocenters. The Kier molecular flexibility index (Phi) is 4.16. The number of aryl methyl sites for hydroxylation is 1. The number of aromatic nitrogens is 4. The number of nitrogens with one attached hydrogen (secondary N) is 1. The second-order valence-corrected chi connectivity index (χ2v) is 6.40. The third-order valence-corrected chi connectivity index (χ3v) is 4.65. The molecule has 134 valence electrons. The van der Waals surface area contributed by atoms with Gasteiger partial charge in [-0.2, -0.15) is 10.2 Å². The smallest absolute Gasteiger partial charge is 0.275 e. The van der Waals surface area contributed by atoms with E-state index in [0.29, 0.717) is 18.8 Å². The van der Waals surface area contributed by atoms with Gasteiger partial charge in [-0.05, 0) is 43.0 Å². The molecule has 1 N–H and O–H groups in total. The number of fused-ring (bicyclic) bond motifs is 1. The Balaban J connectivity index is 1.64. The topological polar surface area (TPSA) is 97.0 Å². The van der Waals surface area contributed by atoms with Gasteiger partial charge in [0.05, 0.1) is 25.0 Å². The van der Waals surface area contributed by atoms with Crippen molar-refractivity contribution in [2.24, 2.45) is 7.05 Å². The van der Waals surface area contributed by atoms with Crippen molar-refractivity contribution in [3.05, 3.63) is 69.3 Å². The predicted octanol–water partition coefficient (Wildman–Crippen LogP) is 1.43. The normalized spacial score (nSPS) is 13.0. The molecule has 0 aliphatic heterocycles. The molecule has 1 amide bonds. The van der Waals surface area contributed by atoms with Crippen molar-refractivity contribution in [3.8, 4) is 0 Å². The summed E-state index contributed by atoms with van der Waals surface area (Å²) in [5.74, 6) is 0.394. The minimum atomic E-state index is -0.346. The molecule has 0 spiro atoms. The highest BCUT2D eigenvalue weighted by atomic mass is 16.3. The lowest BCUT2D eigenvalue weighted by molar-refractivity contribution is 0.0707. The lowest BCUT2D eigenvalue weighted by Crippen LogP contribution is -2.32. The number of nitrogens with zero attached hydrogens (tertiary/aromatic N) is 4. The van der Waals surface area contributed by atoms with Crippen LogP contribution in [-0.2, 0) is 33.0 Å². The molecule has 0 saturated heterocycles. The monoisotopic (exact) mass is 353 g/mol. The fourth-order valence-electron chi connectivity index (χ4n) is 3.42. The van der Waals surface area contributed by atoms with Gasteiger partial charge in [-0.3, -0.25) is 14.3 Å². The summed E-state index contributed by atoms with van der Waals surface area (Å²) in [5, 5.41) is 10.8. The number of hydrogen-bond donors (Lipinski definition) is 1. The maximum atomic E-state index is 13.0. The molecule has 3 aromatic rings. The molecule has 4 rings (SSSR count). The van der Waals surface area contributed by atoms with Crippen molar-refractivity contribution in [2.45, 2.75) is 32.4 Å². The Morgan fingerprint density at radius 2 is 2.19 bits per heavy atom. The summed E-state index contributed by atoms with van der Waals surface area (Å²) in [6.45, 7) is 0.668. The third kappa shape index (κ3) is 3.05. The molecular weight excluding hydrogens is 334 g/mol.